The van der Waals surface area contributed by atoms with Gasteiger partial charge in [-0.1, -0.05) is 19.1 Å². The van der Waals surface area contributed by atoms with Gasteiger partial charge in [0.2, 0.25) is 5.91 Å². The molecule has 0 fully saturated rings. The molecule has 0 aliphatic rings. The van der Waals surface area contributed by atoms with Gasteiger partial charge in [-0.25, -0.2) is 13.6 Å². The van der Waals surface area contributed by atoms with Crippen LogP contribution in [-0.2, 0) is 17.6 Å². The minimum Gasteiger partial charge on any atom is -0.478 e. The van der Waals surface area contributed by atoms with Gasteiger partial charge in [-0.2, -0.15) is 0 Å². The molecule has 2 N–H and O–H groups in total. The minimum atomic E-state index is -1.13. The van der Waals surface area contributed by atoms with E-state index in [2.05, 4.69) is 5.32 Å². The molecule has 2 rings (SSSR count). The van der Waals surface area contributed by atoms with Crippen molar-refractivity contribution in [2.75, 3.05) is 5.32 Å². The zero-order valence-corrected chi connectivity index (χ0v) is 13.4. The molecule has 1 amide bonds. The number of anilines is 1. The first-order valence-corrected chi connectivity index (χ1v) is 7.75. The third-order valence-corrected chi connectivity index (χ3v) is 4.47. The summed E-state index contributed by atoms with van der Waals surface area (Å²) in [4.78, 5) is 24.2. The Bertz CT molecular complexity index is 771. The molecule has 0 aliphatic carbocycles. The van der Waals surface area contributed by atoms with Gasteiger partial charge in [0.25, 0.3) is 0 Å². The molecule has 0 bridgehead atoms. The number of aromatic carboxylic acids is 1. The largest absolute Gasteiger partial charge is 0.478 e. The van der Waals surface area contributed by atoms with Gasteiger partial charge in [-0.3, -0.25) is 4.79 Å². The quantitative estimate of drug-likeness (QED) is 0.871. The monoisotopic (exact) mass is 339 g/mol. The molecule has 0 radical (unpaired) electrons. The Balaban J connectivity index is 2.24. The second-order valence-electron chi connectivity index (χ2n) is 4.94. The predicted molar refractivity (Wildman–Crippen MR) is 84.1 cm³/mol. The summed E-state index contributed by atoms with van der Waals surface area (Å²) >= 11 is 1.16. The highest BCUT2D eigenvalue weighted by molar-refractivity contribution is 7.16. The second kappa shape index (κ2) is 6.87. The van der Waals surface area contributed by atoms with Crippen LogP contribution in [0.1, 0.15) is 33.3 Å². The first kappa shape index (κ1) is 17.1. The van der Waals surface area contributed by atoms with Crippen LogP contribution in [0.25, 0.3) is 0 Å². The topological polar surface area (TPSA) is 66.4 Å². The van der Waals surface area contributed by atoms with Crippen LogP contribution in [0.15, 0.2) is 18.2 Å². The Morgan fingerprint density at radius 1 is 1.30 bits per heavy atom. The van der Waals surface area contributed by atoms with E-state index in [1.54, 1.807) is 6.92 Å². The fourth-order valence-corrected chi connectivity index (χ4v) is 3.50. The Morgan fingerprint density at radius 2 is 2.00 bits per heavy atom. The number of hydrogen-bond donors (Lipinski definition) is 2. The van der Waals surface area contributed by atoms with Crippen molar-refractivity contribution in [1.82, 2.24) is 0 Å². The number of thiophene rings is 1. The van der Waals surface area contributed by atoms with Crippen LogP contribution in [0.4, 0.5) is 13.8 Å². The summed E-state index contributed by atoms with van der Waals surface area (Å²) in [5.74, 6) is -3.82. The lowest BCUT2D eigenvalue weighted by molar-refractivity contribution is -0.115. The molecule has 0 spiro atoms. The maximum Gasteiger partial charge on any atom is 0.339 e. The SMILES string of the molecule is CCc1c(C)sc(NC(=O)Cc2cccc(F)c2F)c1C(=O)O. The predicted octanol–water partition coefficient (Wildman–Crippen LogP) is 3.78. The summed E-state index contributed by atoms with van der Waals surface area (Å²) in [6.45, 7) is 3.60. The van der Waals surface area contributed by atoms with Crippen LogP contribution in [-0.4, -0.2) is 17.0 Å². The minimum absolute atomic E-state index is 0.0584. The third kappa shape index (κ3) is 3.56. The molecule has 0 saturated heterocycles. The molecule has 1 aromatic heterocycles. The number of carbonyl (C=O) groups is 2. The van der Waals surface area contributed by atoms with E-state index < -0.39 is 23.5 Å². The van der Waals surface area contributed by atoms with E-state index in [-0.39, 0.29) is 22.5 Å². The van der Waals surface area contributed by atoms with Crippen molar-refractivity contribution in [3.8, 4) is 0 Å². The summed E-state index contributed by atoms with van der Waals surface area (Å²) in [6, 6.07) is 3.59. The smallest absolute Gasteiger partial charge is 0.339 e. The summed E-state index contributed by atoms with van der Waals surface area (Å²) in [7, 11) is 0. The van der Waals surface area contributed by atoms with Gasteiger partial charge in [0.1, 0.15) is 5.00 Å². The van der Waals surface area contributed by atoms with Crippen molar-refractivity contribution >= 4 is 28.2 Å². The highest BCUT2D eigenvalue weighted by Gasteiger charge is 2.22. The number of carboxylic acid groups (broad SMARTS) is 1. The van der Waals surface area contributed by atoms with E-state index in [9.17, 15) is 23.5 Å². The Labute approximate surface area is 135 Å². The number of hydrogen-bond acceptors (Lipinski definition) is 3. The first-order chi connectivity index (χ1) is 10.8. The number of amides is 1. The molecular weight excluding hydrogens is 324 g/mol. The second-order valence-corrected chi connectivity index (χ2v) is 6.16. The zero-order chi connectivity index (χ0) is 17.1. The average Bonchev–Trinajstić information content (AvgIpc) is 2.79. The first-order valence-electron chi connectivity index (χ1n) is 6.93. The van der Waals surface area contributed by atoms with E-state index in [0.717, 1.165) is 22.3 Å². The average molecular weight is 339 g/mol. The maximum atomic E-state index is 13.6. The van der Waals surface area contributed by atoms with E-state index in [1.807, 2.05) is 6.92 Å². The fourth-order valence-electron chi connectivity index (χ4n) is 2.35. The third-order valence-electron chi connectivity index (χ3n) is 3.41. The molecule has 7 heteroatoms. The fraction of sp³-hybridized carbons (Fsp3) is 0.250. The maximum absolute atomic E-state index is 13.6. The molecule has 122 valence electrons. The van der Waals surface area contributed by atoms with Gasteiger partial charge >= 0.3 is 5.97 Å². The molecule has 1 heterocycles. The van der Waals surface area contributed by atoms with Gasteiger partial charge in [0, 0.05) is 10.4 Å². The van der Waals surface area contributed by atoms with Crippen LogP contribution in [0.2, 0.25) is 0 Å². The van der Waals surface area contributed by atoms with Crippen LogP contribution in [0, 0.1) is 18.6 Å². The van der Waals surface area contributed by atoms with Crippen LogP contribution in [0.3, 0.4) is 0 Å². The van der Waals surface area contributed by atoms with Crippen LogP contribution >= 0.6 is 11.3 Å². The number of halogens is 2. The number of rotatable bonds is 5. The highest BCUT2D eigenvalue weighted by Crippen LogP contribution is 2.33. The molecule has 0 atom stereocenters. The van der Waals surface area contributed by atoms with E-state index in [0.29, 0.717) is 12.0 Å². The standard InChI is InChI=1S/C16H15F2NO3S/c1-3-10-8(2)23-15(13(10)16(21)22)19-12(20)7-9-5-4-6-11(17)14(9)18/h4-6H,3,7H2,1-2H3,(H,19,20)(H,21,22). The summed E-state index contributed by atoms with van der Waals surface area (Å²) in [6.07, 6.45) is 0.152. The molecule has 0 saturated carbocycles. The Morgan fingerprint density at radius 3 is 2.61 bits per heavy atom. The van der Waals surface area contributed by atoms with Gasteiger partial charge in [0.15, 0.2) is 11.6 Å². The normalized spacial score (nSPS) is 10.6. The summed E-state index contributed by atoms with van der Waals surface area (Å²) in [5.41, 5.74) is 0.640. The lowest BCUT2D eigenvalue weighted by Gasteiger charge is -2.06. The summed E-state index contributed by atoms with van der Waals surface area (Å²) in [5, 5.41) is 12.0. The van der Waals surface area contributed by atoms with Crippen LogP contribution in [0.5, 0.6) is 0 Å². The Hall–Kier alpha value is -2.28. The van der Waals surface area contributed by atoms with E-state index in [1.165, 1.54) is 12.1 Å². The lowest BCUT2D eigenvalue weighted by atomic mass is 10.1. The Kier molecular flexibility index (Phi) is 5.10. The number of carbonyl (C=O) groups excluding carboxylic acids is 1. The van der Waals surface area contributed by atoms with Crippen molar-refractivity contribution < 1.29 is 23.5 Å². The van der Waals surface area contributed by atoms with E-state index in [4.69, 9.17) is 0 Å². The van der Waals surface area contributed by atoms with Crippen molar-refractivity contribution in [3.05, 3.63) is 51.4 Å². The molecule has 1 aromatic carbocycles. The van der Waals surface area contributed by atoms with Crippen molar-refractivity contribution in [3.63, 3.8) is 0 Å². The van der Waals surface area contributed by atoms with Crippen molar-refractivity contribution in [2.24, 2.45) is 0 Å². The number of aryl methyl sites for hydroxylation is 1. The van der Waals surface area contributed by atoms with Crippen LogP contribution < -0.4 is 5.32 Å². The number of carboxylic acids is 1. The van der Waals surface area contributed by atoms with Gasteiger partial charge in [-0.05, 0) is 25.0 Å². The summed E-state index contributed by atoms with van der Waals surface area (Å²) < 4.78 is 26.7. The van der Waals surface area contributed by atoms with Crippen molar-refractivity contribution in [1.29, 1.82) is 0 Å². The molecule has 0 unspecified atom stereocenters. The number of benzene rings is 1. The molecular formula is C16H15F2NO3S. The number of nitrogens with one attached hydrogen (secondary N) is 1. The molecule has 2 aromatic rings. The van der Waals surface area contributed by atoms with Gasteiger partial charge in [-0.15, -0.1) is 11.3 Å². The molecule has 23 heavy (non-hydrogen) atoms. The van der Waals surface area contributed by atoms with Crippen molar-refractivity contribution in [2.45, 2.75) is 26.7 Å². The zero-order valence-electron chi connectivity index (χ0n) is 12.6. The lowest BCUT2D eigenvalue weighted by Crippen LogP contribution is -2.17. The van der Waals surface area contributed by atoms with Gasteiger partial charge < -0.3 is 10.4 Å². The highest BCUT2D eigenvalue weighted by atomic mass is 32.1. The molecule has 0 aliphatic heterocycles. The van der Waals surface area contributed by atoms with Gasteiger partial charge in [0.05, 0.1) is 12.0 Å². The molecule has 4 nitrogen and oxygen atoms in total. The van der Waals surface area contributed by atoms with E-state index >= 15 is 0 Å².